The summed E-state index contributed by atoms with van der Waals surface area (Å²) in [7, 11) is 0. The van der Waals surface area contributed by atoms with Crippen molar-refractivity contribution in [3.63, 3.8) is 0 Å². The van der Waals surface area contributed by atoms with Gasteiger partial charge in [0.15, 0.2) is 11.0 Å². The second-order valence-corrected chi connectivity index (χ2v) is 4.59. The third-order valence-corrected chi connectivity index (χ3v) is 3.14. The molecule has 5 heteroatoms. The first-order chi connectivity index (χ1) is 10.1. The molecule has 0 aliphatic carbocycles. The molecule has 0 bridgehead atoms. The van der Waals surface area contributed by atoms with Gasteiger partial charge in [0.1, 0.15) is 22.6 Å². The molecule has 21 heavy (non-hydrogen) atoms. The van der Waals surface area contributed by atoms with Crippen molar-refractivity contribution in [3.8, 4) is 23.2 Å². The van der Waals surface area contributed by atoms with Crippen molar-refractivity contribution in [2.75, 3.05) is 0 Å². The molecule has 0 radical (unpaired) electrons. The molecule has 5 nitrogen and oxygen atoms in total. The van der Waals surface area contributed by atoms with E-state index in [2.05, 4.69) is 0 Å². The molecule has 1 aromatic heterocycles. The molecule has 0 saturated heterocycles. The first-order valence-electron chi connectivity index (χ1n) is 6.28. The summed E-state index contributed by atoms with van der Waals surface area (Å²) in [4.78, 5) is 12.1. The number of ether oxygens (including phenoxy) is 1. The minimum atomic E-state index is -0.442. The van der Waals surface area contributed by atoms with Gasteiger partial charge < -0.3 is 19.4 Å². The van der Waals surface area contributed by atoms with Crippen LogP contribution in [0.4, 0.5) is 0 Å². The van der Waals surface area contributed by atoms with Crippen molar-refractivity contribution >= 4 is 11.0 Å². The molecule has 0 aliphatic rings. The van der Waals surface area contributed by atoms with Crippen molar-refractivity contribution < 1.29 is 19.4 Å². The van der Waals surface area contributed by atoms with Gasteiger partial charge in [0.05, 0.1) is 6.07 Å². The van der Waals surface area contributed by atoms with Crippen LogP contribution in [0, 0.1) is 6.92 Å². The van der Waals surface area contributed by atoms with E-state index in [1.165, 1.54) is 0 Å². The molecule has 0 aliphatic heterocycles. The van der Waals surface area contributed by atoms with Gasteiger partial charge >= 0.3 is 0 Å². The lowest BCUT2D eigenvalue weighted by molar-refractivity contribution is 0.351. The van der Waals surface area contributed by atoms with Crippen molar-refractivity contribution in [2.24, 2.45) is 0 Å². The van der Waals surface area contributed by atoms with Crippen LogP contribution < -0.4 is 10.2 Å². The van der Waals surface area contributed by atoms with Crippen LogP contribution in [0.15, 0.2) is 51.7 Å². The third-order valence-electron chi connectivity index (χ3n) is 3.14. The molecule has 0 saturated carbocycles. The molecule has 2 aromatic carbocycles. The van der Waals surface area contributed by atoms with Gasteiger partial charge in [-0.3, -0.25) is 4.79 Å². The number of phenols is 2. The number of para-hydroxylation sites is 1. The van der Waals surface area contributed by atoms with E-state index in [-0.39, 0.29) is 28.4 Å². The Morgan fingerprint density at radius 2 is 1.76 bits per heavy atom. The molecule has 0 atom stereocenters. The predicted octanol–water partition coefficient (Wildman–Crippen LogP) is 3.30. The fraction of sp³-hybridized carbons (Fsp3) is 0.0625. The first-order valence-corrected chi connectivity index (χ1v) is 6.28. The molecule has 0 unspecified atom stereocenters. The minimum absolute atomic E-state index is 0.00759. The van der Waals surface area contributed by atoms with Gasteiger partial charge in [0.25, 0.3) is 5.95 Å². The van der Waals surface area contributed by atoms with Crippen molar-refractivity contribution in [1.29, 1.82) is 0 Å². The van der Waals surface area contributed by atoms with E-state index < -0.39 is 5.43 Å². The van der Waals surface area contributed by atoms with E-state index in [1.807, 2.05) is 6.07 Å². The highest BCUT2D eigenvalue weighted by molar-refractivity contribution is 5.87. The Morgan fingerprint density at radius 3 is 2.48 bits per heavy atom. The highest BCUT2D eigenvalue weighted by Crippen LogP contribution is 2.34. The van der Waals surface area contributed by atoms with Crippen LogP contribution in [0.2, 0.25) is 0 Å². The lowest BCUT2D eigenvalue weighted by Crippen LogP contribution is -2.02. The molecule has 0 amide bonds. The lowest BCUT2D eigenvalue weighted by Gasteiger charge is -2.08. The smallest absolute Gasteiger partial charge is 0.294 e. The monoisotopic (exact) mass is 284 g/mol. The normalized spacial score (nSPS) is 10.7. The number of phenolic OH excluding ortho intramolecular Hbond substituents is 2. The Kier molecular flexibility index (Phi) is 3.02. The van der Waals surface area contributed by atoms with Crippen LogP contribution >= 0.6 is 0 Å². The fourth-order valence-corrected chi connectivity index (χ4v) is 2.06. The van der Waals surface area contributed by atoms with Crippen molar-refractivity contribution in [2.45, 2.75) is 6.92 Å². The summed E-state index contributed by atoms with van der Waals surface area (Å²) in [5.41, 5.74) is 0.0205. The van der Waals surface area contributed by atoms with E-state index in [9.17, 15) is 15.0 Å². The average Bonchev–Trinajstić information content (AvgIpc) is 2.45. The van der Waals surface area contributed by atoms with Crippen molar-refractivity contribution in [1.82, 2.24) is 0 Å². The van der Waals surface area contributed by atoms with E-state index in [4.69, 9.17) is 9.15 Å². The summed E-state index contributed by atoms with van der Waals surface area (Å²) in [6.45, 7) is 1.59. The van der Waals surface area contributed by atoms with Crippen LogP contribution in [0.3, 0.4) is 0 Å². The Bertz CT molecular complexity index is 865. The number of hydrogen-bond donors (Lipinski definition) is 2. The molecule has 2 N–H and O–H groups in total. The number of rotatable bonds is 2. The van der Waals surface area contributed by atoms with E-state index in [0.717, 1.165) is 12.1 Å². The molecule has 0 spiro atoms. The van der Waals surface area contributed by atoms with E-state index in [0.29, 0.717) is 11.3 Å². The topological polar surface area (TPSA) is 79.9 Å². The van der Waals surface area contributed by atoms with Crippen LogP contribution in [0.1, 0.15) is 5.56 Å². The fourth-order valence-electron chi connectivity index (χ4n) is 2.06. The Balaban J connectivity index is 2.19. The van der Waals surface area contributed by atoms with E-state index in [1.54, 1.807) is 31.2 Å². The first kappa shape index (κ1) is 13.1. The number of aromatic hydroxyl groups is 2. The van der Waals surface area contributed by atoms with Gasteiger partial charge in [-0.1, -0.05) is 18.2 Å². The van der Waals surface area contributed by atoms with Gasteiger partial charge in [0, 0.05) is 11.6 Å². The zero-order valence-corrected chi connectivity index (χ0v) is 11.2. The average molecular weight is 284 g/mol. The molecular formula is C16H12O5. The summed E-state index contributed by atoms with van der Waals surface area (Å²) >= 11 is 0. The summed E-state index contributed by atoms with van der Waals surface area (Å²) in [6.07, 6.45) is 0. The zero-order valence-electron chi connectivity index (χ0n) is 11.2. The minimum Gasteiger partial charge on any atom is -0.507 e. The summed E-state index contributed by atoms with van der Waals surface area (Å²) in [6, 6.07) is 11.1. The van der Waals surface area contributed by atoms with Crippen LogP contribution in [-0.2, 0) is 0 Å². The summed E-state index contributed by atoms with van der Waals surface area (Å²) < 4.78 is 11.0. The molecule has 0 fully saturated rings. The highest BCUT2D eigenvalue weighted by Gasteiger charge is 2.15. The molecular weight excluding hydrogens is 272 g/mol. The molecule has 106 valence electrons. The molecule has 3 aromatic rings. The second-order valence-electron chi connectivity index (χ2n) is 4.59. The Morgan fingerprint density at radius 1 is 1.05 bits per heavy atom. The van der Waals surface area contributed by atoms with Crippen LogP contribution in [0.25, 0.3) is 11.0 Å². The summed E-state index contributed by atoms with van der Waals surface area (Å²) in [5.74, 6) is 0.0296. The Hall–Kier alpha value is -2.95. The largest absolute Gasteiger partial charge is 0.507 e. The molecule has 3 rings (SSSR count). The van der Waals surface area contributed by atoms with Gasteiger partial charge in [-0.25, -0.2) is 0 Å². The third kappa shape index (κ3) is 2.29. The maximum atomic E-state index is 12.1. The number of fused-ring (bicyclic) bond motifs is 1. The number of aryl methyl sites for hydroxylation is 1. The summed E-state index contributed by atoms with van der Waals surface area (Å²) in [5, 5.41) is 19.5. The van der Waals surface area contributed by atoms with Gasteiger partial charge in [-0.2, -0.15) is 0 Å². The SMILES string of the molecule is Cc1c(O)cc(O)c2c(=O)cc(Oc3ccccc3)oc12. The van der Waals surface area contributed by atoms with Crippen LogP contribution in [-0.4, -0.2) is 10.2 Å². The maximum absolute atomic E-state index is 12.1. The second kappa shape index (κ2) is 4.86. The zero-order chi connectivity index (χ0) is 15.0. The van der Waals surface area contributed by atoms with Crippen molar-refractivity contribution in [3.05, 3.63) is 58.3 Å². The van der Waals surface area contributed by atoms with Gasteiger partial charge in [0.2, 0.25) is 0 Å². The quantitative estimate of drug-likeness (QED) is 0.754. The molecule has 1 heterocycles. The number of benzene rings is 2. The van der Waals surface area contributed by atoms with Gasteiger partial charge in [-0.05, 0) is 19.1 Å². The highest BCUT2D eigenvalue weighted by atomic mass is 16.6. The maximum Gasteiger partial charge on any atom is 0.294 e. The van der Waals surface area contributed by atoms with E-state index >= 15 is 0 Å². The lowest BCUT2D eigenvalue weighted by atomic mass is 10.1. The van der Waals surface area contributed by atoms with Crippen LogP contribution in [0.5, 0.6) is 23.2 Å². The number of hydrogen-bond acceptors (Lipinski definition) is 5. The standard InChI is InChI=1S/C16H12O5/c1-9-11(17)7-12(18)15-13(19)8-14(21-16(9)15)20-10-5-3-2-4-6-10/h2-8,17-18H,1H3. The van der Waals surface area contributed by atoms with Gasteiger partial charge in [-0.15, -0.1) is 0 Å². The Labute approximate surface area is 119 Å². The predicted molar refractivity (Wildman–Crippen MR) is 77.1 cm³/mol.